The molecule has 0 fully saturated rings. The molecule has 3 nitrogen and oxygen atoms in total. The maximum atomic E-state index is 12.9. The van der Waals surface area contributed by atoms with Crippen molar-refractivity contribution in [1.29, 1.82) is 0 Å². The van der Waals surface area contributed by atoms with Crippen LogP contribution in [-0.2, 0) is 11.0 Å². The predicted molar refractivity (Wildman–Crippen MR) is 58.5 cm³/mol. The van der Waals surface area contributed by atoms with E-state index in [1.807, 2.05) is 0 Å². The van der Waals surface area contributed by atoms with E-state index in [4.69, 9.17) is 4.84 Å². The van der Waals surface area contributed by atoms with E-state index in [0.717, 1.165) is 17.5 Å². The minimum absolute atomic E-state index is 0.0521. The molecule has 0 bridgehead atoms. The molecule has 0 aliphatic carbocycles. The Morgan fingerprint density at radius 1 is 1.41 bits per heavy atom. The van der Waals surface area contributed by atoms with Crippen LogP contribution in [0.1, 0.15) is 11.1 Å². The maximum absolute atomic E-state index is 12.9. The van der Waals surface area contributed by atoms with Crippen molar-refractivity contribution in [3.63, 3.8) is 0 Å². The van der Waals surface area contributed by atoms with E-state index < -0.39 is 11.7 Å². The molecule has 0 saturated carbocycles. The van der Waals surface area contributed by atoms with Gasteiger partial charge in [-0.15, -0.1) is 0 Å². The summed E-state index contributed by atoms with van der Waals surface area (Å²) < 4.78 is 38.6. The summed E-state index contributed by atoms with van der Waals surface area (Å²) >= 11 is 0. The van der Waals surface area contributed by atoms with E-state index in [1.165, 1.54) is 12.1 Å². The van der Waals surface area contributed by atoms with Crippen molar-refractivity contribution in [2.45, 2.75) is 6.18 Å². The van der Waals surface area contributed by atoms with Gasteiger partial charge in [0.05, 0.1) is 11.3 Å². The number of benzene rings is 1. The fourth-order valence-corrected chi connectivity index (χ4v) is 1.49. The zero-order valence-corrected chi connectivity index (χ0v) is 8.74. The lowest BCUT2D eigenvalue weighted by Crippen LogP contribution is -2.21. The van der Waals surface area contributed by atoms with Crippen molar-refractivity contribution < 1.29 is 18.0 Å². The second-order valence-corrected chi connectivity index (χ2v) is 3.39. The topological polar surface area (TPSA) is 24.8 Å². The highest BCUT2D eigenvalue weighted by molar-refractivity contribution is 5.63. The summed E-state index contributed by atoms with van der Waals surface area (Å²) in [5.74, 6) is 0. The van der Waals surface area contributed by atoms with Crippen LogP contribution in [0.25, 0.3) is 6.08 Å². The largest absolute Gasteiger partial charge is 0.418 e. The Hall–Kier alpha value is -1.98. The van der Waals surface area contributed by atoms with Crippen LogP contribution in [0.3, 0.4) is 0 Å². The highest BCUT2D eigenvalue weighted by atomic mass is 19.4. The van der Waals surface area contributed by atoms with Gasteiger partial charge in [0.1, 0.15) is 6.67 Å². The van der Waals surface area contributed by atoms with Crippen molar-refractivity contribution in [3.05, 3.63) is 35.9 Å². The lowest BCUT2D eigenvalue weighted by molar-refractivity contribution is -0.137. The fraction of sp³-hybridized carbons (Fsp3) is 0.182. The lowest BCUT2D eigenvalue weighted by Gasteiger charge is -2.20. The third kappa shape index (κ3) is 2.25. The quantitative estimate of drug-likeness (QED) is 0.796. The van der Waals surface area contributed by atoms with Crippen molar-refractivity contribution in [2.24, 2.45) is 4.99 Å². The zero-order chi connectivity index (χ0) is 12.5. The third-order valence-corrected chi connectivity index (χ3v) is 2.29. The smallest absolute Gasteiger partial charge is 0.366 e. The van der Waals surface area contributed by atoms with Crippen LogP contribution in [0.5, 0.6) is 0 Å². The van der Waals surface area contributed by atoms with Gasteiger partial charge in [-0.25, -0.2) is 4.99 Å². The Balaban J connectivity index is 2.46. The molecule has 1 aliphatic rings. The van der Waals surface area contributed by atoms with E-state index in [9.17, 15) is 13.2 Å². The molecule has 1 aliphatic heterocycles. The summed E-state index contributed by atoms with van der Waals surface area (Å²) in [7, 11) is 0. The second-order valence-electron chi connectivity index (χ2n) is 3.39. The molecule has 17 heavy (non-hydrogen) atoms. The molecule has 0 atom stereocenters. The van der Waals surface area contributed by atoms with Crippen molar-refractivity contribution in [2.75, 3.05) is 11.7 Å². The van der Waals surface area contributed by atoms with Crippen molar-refractivity contribution >= 4 is 18.2 Å². The molecule has 0 amide bonds. The molecule has 2 rings (SSSR count). The highest BCUT2D eigenvalue weighted by Crippen LogP contribution is 2.37. The highest BCUT2D eigenvalue weighted by Gasteiger charge is 2.36. The number of aliphatic imine (C=N–C) groups is 1. The lowest BCUT2D eigenvalue weighted by atomic mass is 10.1. The van der Waals surface area contributed by atoms with Crippen LogP contribution in [0.4, 0.5) is 18.9 Å². The Morgan fingerprint density at radius 2 is 2.18 bits per heavy atom. The van der Waals surface area contributed by atoms with Crippen LogP contribution in [0.2, 0.25) is 0 Å². The van der Waals surface area contributed by atoms with Gasteiger partial charge >= 0.3 is 6.18 Å². The molecule has 0 aromatic heterocycles. The van der Waals surface area contributed by atoms with Gasteiger partial charge in [0.2, 0.25) is 6.40 Å². The average molecular weight is 242 g/mol. The number of anilines is 1. The molecule has 0 saturated heterocycles. The van der Waals surface area contributed by atoms with Crippen LogP contribution in [0, 0.1) is 0 Å². The Morgan fingerprint density at radius 3 is 2.71 bits per heavy atom. The maximum Gasteiger partial charge on any atom is 0.418 e. The van der Waals surface area contributed by atoms with E-state index in [-0.39, 0.29) is 12.4 Å². The molecule has 1 heterocycles. The molecule has 1 aromatic rings. The standard InChI is InChI=1S/C11H9F3N2O/c1-2-8-3-4-10(16-6-15-7-17-16)9(5-8)11(12,13)14/h2-5,7H,1,6H2. The van der Waals surface area contributed by atoms with Crippen LogP contribution in [0.15, 0.2) is 29.8 Å². The molecule has 90 valence electrons. The first kappa shape index (κ1) is 11.5. The molecule has 0 unspecified atom stereocenters. The summed E-state index contributed by atoms with van der Waals surface area (Å²) in [6.45, 7) is 3.50. The predicted octanol–water partition coefficient (Wildman–Crippen LogP) is 3.09. The fourth-order valence-electron chi connectivity index (χ4n) is 1.49. The molecule has 0 N–H and O–H groups in total. The van der Waals surface area contributed by atoms with Gasteiger partial charge in [0, 0.05) is 0 Å². The zero-order valence-electron chi connectivity index (χ0n) is 8.74. The first-order chi connectivity index (χ1) is 8.02. The summed E-state index contributed by atoms with van der Waals surface area (Å²) in [5.41, 5.74) is -0.415. The molecular formula is C11H9F3N2O. The number of alkyl halides is 3. The van der Waals surface area contributed by atoms with Gasteiger partial charge in [-0.3, -0.25) is 0 Å². The molecule has 0 radical (unpaired) electrons. The first-order valence-corrected chi connectivity index (χ1v) is 4.78. The number of hydroxylamine groups is 1. The van der Waals surface area contributed by atoms with Crippen LogP contribution in [-0.4, -0.2) is 13.1 Å². The van der Waals surface area contributed by atoms with Crippen molar-refractivity contribution in [3.8, 4) is 0 Å². The first-order valence-electron chi connectivity index (χ1n) is 4.78. The number of nitrogens with zero attached hydrogens (tertiary/aromatic N) is 2. The number of halogens is 3. The van der Waals surface area contributed by atoms with Crippen molar-refractivity contribution in [1.82, 2.24) is 0 Å². The van der Waals surface area contributed by atoms with Gasteiger partial charge in [0.15, 0.2) is 0 Å². The normalized spacial score (nSPS) is 14.9. The Labute approximate surface area is 95.8 Å². The van der Waals surface area contributed by atoms with E-state index in [1.54, 1.807) is 6.07 Å². The summed E-state index contributed by atoms with van der Waals surface area (Å²) in [6, 6.07) is 3.91. The van der Waals surface area contributed by atoms with E-state index in [0.29, 0.717) is 5.56 Å². The Kier molecular flexibility index (Phi) is 2.79. The summed E-state index contributed by atoms with van der Waals surface area (Å²) in [4.78, 5) is 8.56. The van der Waals surface area contributed by atoms with Gasteiger partial charge in [0.25, 0.3) is 0 Å². The minimum Gasteiger partial charge on any atom is -0.366 e. The monoisotopic (exact) mass is 242 g/mol. The molecular weight excluding hydrogens is 233 g/mol. The average Bonchev–Trinajstić information content (AvgIpc) is 2.80. The number of rotatable bonds is 2. The van der Waals surface area contributed by atoms with Crippen LogP contribution >= 0.6 is 0 Å². The van der Waals surface area contributed by atoms with Crippen LogP contribution < -0.4 is 5.06 Å². The second kappa shape index (κ2) is 4.12. The summed E-state index contributed by atoms with van der Waals surface area (Å²) in [6.07, 6.45) is -1.97. The summed E-state index contributed by atoms with van der Waals surface area (Å²) in [5, 5.41) is 1.08. The molecule has 1 aromatic carbocycles. The van der Waals surface area contributed by atoms with Gasteiger partial charge in [-0.2, -0.15) is 18.2 Å². The van der Waals surface area contributed by atoms with Gasteiger partial charge < -0.3 is 4.84 Å². The Bertz CT molecular complexity index is 460. The number of hydrogen-bond donors (Lipinski definition) is 0. The third-order valence-electron chi connectivity index (χ3n) is 2.29. The van der Waals surface area contributed by atoms with Gasteiger partial charge in [-0.05, 0) is 17.7 Å². The van der Waals surface area contributed by atoms with E-state index in [2.05, 4.69) is 11.6 Å². The minimum atomic E-state index is -4.44. The number of hydrogen-bond acceptors (Lipinski definition) is 3. The SMILES string of the molecule is C=Cc1ccc(N2CN=CO2)c(C(F)(F)F)c1. The molecule has 0 spiro atoms. The van der Waals surface area contributed by atoms with E-state index >= 15 is 0 Å². The molecule has 6 heteroatoms. The van der Waals surface area contributed by atoms with Gasteiger partial charge in [-0.1, -0.05) is 18.7 Å².